The summed E-state index contributed by atoms with van der Waals surface area (Å²) in [4.78, 5) is 27.2. The molecule has 148 valence electrons. The van der Waals surface area contributed by atoms with Crippen LogP contribution < -0.4 is 0 Å². The number of ether oxygens (including phenoxy) is 1. The topological polar surface area (TPSA) is 76.0 Å². The van der Waals surface area contributed by atoms with E-state index >= 15 is 0 Å². The van der Waals surface area contributed by atoms with Crippen LogP contribution in [0.5, 0.6) is 0 Å². The number of amides is 1. The number of para-hydroxylation sites is 2. The highest BCUT2D eigenvalue weighted by Gasteiger charge is 2.27. The highest BCUT2D eigenvalue weighted by atomic mass is 16.5. The van der Waals surface area contributed by atoms with Crippen LogP contribution in [0.1, 0.15) is 36.8 Å². The quantitative estimate of drug-likeness (QED) is 0.683. The molecule has 7 nitrogen and oxygen atoms in total. The summed E-state index contributed by atoms with van der Waals surface area (Å²) in [5.74, 6) is 2.42. The van der Waals surface area contributed by atoms with Crippen LogP contribution in [0.3, 0.4) is 0 Å². The molecule has 4 rings (SSSR count). The largest absolute Gasteiger partial charge is 0.383 e. The Morgan fingerprint density at radius 2 is 2.25 bits per heavy atom. The van der Waals surface area contributed by atoms with Gasteiger partial charge in [0.1, 0.15) is 11.6 Å². The second kappa shape index (κ2) is 8.56. The number of H-pyrrole nitrogens is 1. The standard InChI is InChI=1S/C21H27N5O2/c1-28-14-13-25-12-10-22-21(25)16-5-4-11-26(15-16)20(27)9-8-19-23-17-6-2-3-7-18(17)24-19/h2-3,6-7,10,12,16H,4-5,8-9,11,13-15H2,1H3,(H,23,24)/t16-/m1/s1. The first-order chi connectivity index (χ1) is 13.7. The lowest BCUT2D eigenvalue weighted by Gasteiger charge is -2.32. The molecular formula is C21H27N5O2. The van der Waals surface area contributed by atoms with Gasteiger partial charge in [0, 0.05) is 57.9 Å². The number of methoxy groups -OCH3 is 1. The first-order valence-electron chi connectivity index (χ1n) is 9.96. The van der Waals surface area contributed by atoms with Crippen molar-refractivity contribution in [3.05, 3.63) is 48.3 Å². The van der Waals surface area contributed by atoms with Gasteiger partial charge < -0.3 is 19.2 Å². The second-order valence-electron chi connectivity index (χ2n) is 7.35. The zero-order chi connectivity index (χ0) is 19.3. The van der Waals surface area contributed by atoms with Gasteiger partial charge in [0.2, 0.25) is 5.91 Å². The van der Waals surface area contributed by atoms with E-state index in [-0.39, 0.29) is 11.8 Å². The fraction of sp³-hybridized carbons (Fsp3) is 0.476. The smallest absolute Gasteiger partial charge is 0.223 e. The molecule has 3 aromatic rings. The first kappa shape index (κ1) is 18.7. The van der Waals surface area contributed by atoms with Crippen molar-refractivity contribution in [1.82, 2.24) is 24.4 Å². The van der Waals surface area contributed by atoms with Crippen molar-refractivity contribution in [1.29, 1.82) is 0 Å². The summed E-state index contributed by atoms with van der Waals surface area (Å²) < 4.78 is 7.34. The summed E-state index contributed by atoms with van der Waals surface area (Å²) in [6.07, 6.45) is 7.03. The third-order valence-corrected chi connectivity index (χ3v) is 5.44. The number of imidazole rings is 2. The molecule has 1 fully saturated rings. The van der Waals surface area contributed by atoms with Crippen LogP contribution in [0.2, 0.25) is 0 Å². The molecule has 0 spiro atoms. The van der Waals surface area contributed by atoms with Gasteiger partial charge in [-0.05, 0) is 25.0 Å². The molecule has 0 radical (unpaired) electrons. The minimum Gasteiger partial charge on any atom is -0.383 e. The molecule has 1 aromatic carbocycles. The number of carbonyl (C=O) groups is 1. The van der Waals surface area contributed by atoms with Crippen molar-refractivity contribution in [2.45, 2.75) is 38.1 Å². The highest BCUT2D eigenvalue weighted by molar-refractivity contribution is 5.77. The Morgan fingerprint density at radius 1 is 1.36 bits per heavy atom. The van der Waals surface area contributed by atoms with Gasteiger partial charge in [-0.3, -0.25) is 4.79 Å². The molecule has 0 aliphatic carbocycles. The maximum absolute atomic E-state index is 12.8. The summed E-state index contributed by atoms with van der Waals surface area (Å²) >= 11 is 0. The van der Waals surface area contributed by atoms with Crippen molar-refractivity contribution in [3.8, 4) is 0 Å². The molecule has 7 heteroatoms. The van der Waals surface area contributed by atoms with E-state index in [1.54, 1.807) is 7.11 Å². The number of benzene rings is 1. The summed E-state index contributed by atoms with van der Waals surface area (Å²) in [6, 6.07) is 7.95. The number of hydrogen-bond donors (Lipinski definition) is 1. The van der Waals surface area contributed by atoms with Crippen LogP contribution in [-0.4, -0.2) is 57.1 Å². The van der Waals surface area contributed by atoms with Crippen molar-refractivity contribution < 1.29 is 9.53 Å². The van der Waals surface area contributed by atoms with E-state index < -0.39 is 0 Å². The molecule has 3 heterocycles. The van der Waals surface area contributed by atoms with E-state index in [9.17, 15) is 4.79 Å². The van der Waals surface area contributed by atoms with Crippen LogP contribution >= 0.6 is 0 Å². The van der Waals surface area contributed by atoms with Gasteiger partial charge in [-0.2, -0.15) is 0 Å². The van der Waals surface area contributed by atoms with Crippen molar-refractivity contribution >= 4 is 16.9 Å². The SMILES string of the molecule is COCCn1ccnc1[C@@H]1CCCN(C(=O)CCc2nc3ccccc3[nH]2)C1. The number of nitrogens with one attached hydrogen (secondary N) is 1. The van der Waals surface area contributed by atoms with E-state index in [1.165, 1.54) is 0 Å². The number of piperidine rings is 1. The average molecular weight is 381 g/mol. The Morgan fingerprint density at radius 3 is 3.11 bits per heavy atom. The Hall–Kier alpha value is -2.67. The fourth-order valence-corrected chi connectivity index (χ4v) is 3.98. The van der Waals surface area contributed by atoms with E-state index in [2.05, 4.69) is 19.5 Å². The lowest BCUT2D eigenvalue weighted by Crippen LogP contribution is -2.40. The predicted octanol–water partition coefficient (Wildman–Crippen LogP) is 2.74. The summed E-state index contributed by atoms with van der Waals surface area (Å²) in [6.45, 7) is 3.02. The molecule has 0 bridgehead atoms. The molecule has 2 aromatic heterocycles. The lowest BCUT2D eigenvalue weighted by molar-refractivity contribution is -0.132. The van der Waals surface area contributed by atoms with Crippen molar-refractivity contribution in [2.75, 3.05) is 26.8 Å². The summed E-state index contributed by atoms with van der Waals surface area (Å²) in [5.41, 5.74) is 1.97. The third-order valence-electron chi connectivity index (χ3n) is 5.44. The maximum atomic E-state index is 12.8. The number of rotatable bonds is 7. The molecule has 0 saturated carbocycles. The van der Waals surface area contributed by atoms with Gasteiger partial charge in [-0.15, -0.1) is 0 Å². The second-order valence-corrected chi connectivity index (χ2v) is 7.35. The van der Waals surface area contributed by atoms with E-state index in [4.69, 9.17) is 4.74 Å². The molecule has 1 amide bonds. The molecular weight excluding hydrogens is 354 g/mol. The minimum absolute atomic E-state index is 0.195. The molecule has 1 aliphatic rings. The average Bonchev–Trinajstić information content (AvgIpc) is 3.37. The van der Waals surface area contributed by atoms with Crippen molar-refractivity contribution in [2.24, 2.45) is 0 Å². The van der Waals surface area contributed by atoms with Crippen LogP contribution in [0.25, 0.3) is 11.0 Å². The Balaban J connectivity index is 1.36. The predicted molar refractivity (Wildman–Crippen MR) is 107 cm³/mol. The van der Waals surface area contributed by atoms with Crippen LogP contribution in [0.4, 0.5) is 0 Å². The Kier molecular flexibility index (Phi) is 5.71. The molecule has 1 aliphatic heterocycles. The van der Waals surface area contributed by atoms with Gasteiger partial charge >= 0.3 is 0 Å². The molecule has 1 atom stereocenters. The van der Waals surface area contributed by atoms with Gasteiger partial charge in [-0.25, -0.2) is 9.97 Å². The molecule has 0 unspecified atom stereocenters. The van der Waals surface area contributed by atoms with Gasteiger partial charge in [0.25, 0.3) is 0 Å². The van der Waals surface area contributed by atoms with Crippen LogP contribution in [-0.2, 0) is 22.5 Å². The fourth-order valence-electron chi connectivity index (χ4n) is 3.98. The molecule has 28 heavy (non-hydrogen) atoms. The minimum atomic E-state index is 0.195. The number of aromatic amines is 1. The Bertz CT molecular complexity index is 899. The highest BCUT2D eigenvalue weighted by Crippen LogP contribution is 2.26. The van der Waals surface area contributed by atoms with E-state index in [0.717, 1.165) is 55.2 Å². The Labute approximate surface area is 164 Å². The summed E-state index contributed by atoms with van der Waals surface area (Å²) in [7, 11) is 1.71. The first-order valence-corrected chi connectivity index (χ1v) is 9.96. The zero-order valence-corrected chi connectivity index (χ0v) is 16.3. The third kappa shape index (κ3) is 4.09. The number of aromatic nitrogens is 4. The molecule has 1 N–H and O–H groups in total. The molecule has 1 saturated heterocycles. The zero-order valence-electron chi connectivity index (χ0n) is 16.3. The number of fused-ring (bicyclic) bond motifs is 1. The van der Waals surface area contributed by atoms with Crippen LogP contribution in [0, 0.1) is 0 Å². The lowest BCUT2D eigenvalue weighted by atomic mass is 9.96. The van der Waals surface area contributed by atoms with Gasteiger partial charge in [0.05, 0.1) is 17.6 Å². The van der Waals surface area contributed by atoms with Gasteiger partial charge in [-0.1, -0.05) is 12.1 Å². The van der Waals surface area contributed by atoms with E-state index in [0.29, 0.717) is 19.4 Å². The van der Waals surface area contributed by atoms with Crippen molar-refractivity contribution in [3.63, 3.8) is 0 Å². The maximum Gasteiger partial charge on any atom is 0.223 e. The van der Waals surface area contributed by atoms with E-state index in [1.807, 2.05) is 41.6 Å². The number of likely N-dealkylation sites (tertiary alicyclic amines) is 1. The normalized spacial score (nSPS) is 17.3. The number of carbonyl (C=O) groups excluding carboxylic acids is 1. The van der Waals surface area contributed by atoms with Crippen LogP contribution in [0.15, 0.2) is 36.7 Å². The monoisotopic (exact) mass is 381 g/mol. The number of nitrogens with zero attached hydrogens (tertiary/aromatic N) is 4. The van der Waals surface area contributed by atoms with Gasteiger partial charge in [0.15, 0.2) is 0 Å². The number of hydrogen-bond acceptors (Lipinski definition) is 4. The summed E-state index contributed by atoms with van der Waals surface area (Å²) in [5, 5.41) is 0. The number of aryl methyl sites for hydroxylation is 1.